The second-order valence-corrected chi connectivity index (χ2v) is 17.3. The van der Waals surface area contributed by atoms with Crippen LogP contribution in [-0.4, -0.2) is 24.0 Å². The number of benzene rings is 4. The fourth-order valence-electron chi connectivity index (χ4n) is 5.20. The van der Waals surface area contributed by atoms with Crippen LogP contribution in [0, 0.1) is 6.92 Å². The first-order chi connectivity index (χ1) is 24.5. The number of hydrogen-bond acceptors (Lipinski definition) is 8. The third-order valence-electron chi connectivity index (χ3n) is 7.70. The molecule has 0 bridgehead atoms. The summed E-state index contributed by atoms with van der Waals surface area (Å²) in [6.07, 6.45) is 6.88. The maximum Gasteiger partial charge on any atom is 0.307 e. The number of aromatic nitrogens is 2. The maximum atomic E-state index is 14.3. The van der Waals surface area contributed by atoms with Crippen molar-refractivity contribution in [1.82, 2.24) is 9.97 Å². The van der Waals surface area contributed by atoms with Crippen LogP contribution in [0.25, 0.3) is 0 Å². The molecule has 0 atom stereocenters. The Morgan fingerprint density at radius 2 is 0.882 bits per heavy atom. The lowest BCUT2D eigenvalue weighted by molar-refractivity contribution is 0.131. The highest BCUT2D eigenvalue weighted by Crippen LogP contribution is 2.70. The minimum Gasteiger partial charge on any atom is -0.489 e. The van der Waals surface area contributed by atoms with Gasteiger partial charge in [-0.25, -0.2) is 3.63 Å². The number of pyridine rings is 2. The van der Waals surface area contributed by atoms with E-state index in [-0.39, 0.29) is 4.90 Å². The van der Waals surface area contributed by atoms with Gasteiger partial charge < -0.3 is 14.2 Å². The van der Waals surface area contributed by atoms with Crippen LogP contribution in [0.2, 0.25) is 0 Å². The molecule has 0 aliphatic carbocycles. The van der Waals surface area contributed by atoms with Crippen molar-refractivity contribution in [3.63, 3.8) is 0 Å². The number of ether oxygens (including phenoxy) is 3. The zero-order valence-electron chi connectivity index (χ0n) is 28.9. The molecule has 0 aliphatic rings. The Kier molecular flexibility index (Phi) is 10.8. The Hall–Kier alpha value is -5.16. The second kappa shape index (κ2) is 15.4. The van der Waals surface area contributed by atoms with E-state index in [2.05, 4.69) is 9.97 Å². The Morgan fingerprint density at radius 3 is 1.27 bits per heavy atom. The normalized spacial score (nSPS) is 12.2. The monoisotopic (exact) mass is 720 g/mol. The van der Waals surface area contributed by atoms with Crippen molar-refractivity contribution >= 4 is 20.4 Å². The van der Waals surface area contributed by atoms with Crippen LogP contribution in [0.1, 0.15) is 37.5 Å². The zero-order valence-corrected chi connectivity index (χ0v) is 30.6. The smallest absolute Gasteiger partial charge is 0.307 e. The van der Waals surface area contributed by atoms with Gasteiger partial charge in [-0.2, -0.15) is 8.42 Å². The largest absolute Gasteiger partial charge is 0.489 e. The summed E-state index contributed by atoms with van der Waals surface area (Å²) in [6.45, 7) is 8.55. The summed E-state index contributed by atoms with van der Waals surface area (Å²) in [7, 11) is -7.25. The van der Waals surface area contributed by atoms with Gasteiger partial charge in [-0.15, -0.1) is 0 Å². The topological polar surface area (TPSA) is 96.8 Å². The quantitative estimate of drug-likeness (QED) is 0.116. The standard InChI is InChI=1S/C41H40N2O6S2/c1-31-5-13-40(14-6-31)51(44,45)49-50(39-19-11-36(12-20-39)48-41(2,3)4,37-15-7-34(8-16-37)46-29-32-21-25-42-26-22-32)38-17-9-35(10-18-38)47-30-33-23-27-43-28-24-33/h5-28H,29-30H2,1-4H3. The van der Waals surface area contributed by atoms with Gasteiger partial charge in [-0.05, 0) is 158 Å². The van der Waals surface area contributed by atoms with Crippen molar-refractivity contribution in [2.75, 3.05) is 0 Å². The molecule has 6 aromatic rings. The Balaban J connectivity index is 1.45. The van der Waals surface area contributed by atoms with Crippen LogP contribution < -0.4 is 14.2 Å². The third-order valence-corrected chi connectivity index (χ3v) is 12.9. The lowest BCUT2D eigenvalue weighted by Gasteiger charge is -2.39. The van der Waals surface area contributed by atoms with Crippen LogP contribution in [-0.2, 0) is 27.0 Å². The molecule has 8 nitrogen and oxygen atoms in total. The molecule has 0 saturated heterocycles. The highest BCUT2D eigenvalue weighted by Gasteiger charge is 2.38. The molecule has 51 heavy (non-hydrogen) atoms. The molecule has 0 N–H and O–H groups in total. The van der Waals surface area contributed by atoms with Gasteiger partial charge in [0.2, 0.25) is 0 Å². The van der Waals surface area contributed by atoms with Crippen LogP contribution >= 0.6 is 10.3 Å². The van der Waals surface area contributed by atoms with E-state index < -0.39 is 26.0 Å². The molecule has 0 radical (unpaired) electrons. The van der Waals surface area contributed by atoms with Crippen molar-refractivity contribution in [1.29, 1.82) is 0 Å². The summed E-state index contributed by atoms with van der Waals surface area (Å²) in [5, 5.41) is 0. The summed E-state index contributed by atoms with van der Waals surface area (Å²) in [4.78, 5) is 10.2. The highest BCUT2D eigenvalue weighted by molar-refractivity contribution is 8.33. The molecular formula is C41H40N2O6S2. The number of nitrogens with zero attached hydrogens (tertiary/aromatic N) is 2. The minimum absolute atomic E-state index is 0.0623. The van der Waals surface area contributed by atoms with Crippen LogP contribution in [0.3, 0.4) is 0 Å². The van der Waals surface area contributed by atoms with Gasteiger partial charge in [0, 0.05) is 39.5 Å². The van der Waals surface area contributed by atoms with E-state index in [0.29, 0.717) is 45.1 Å². The summed E-state index contributed by atoms with van der Waals surface area (Å²) < 4.78 is 53.5. The van der Waals surface area contributed by atoms with E-state index in [1.54, 1.807) is 49.1 Å². The Morgan fingerprint density at radius 1 is 0.510 bits per heavy atom. The van der Waals surface area contributed by atoms with Gasteiger partial charge in [-0.3, -0.25) is 9.97 Å². The zero-order chi connectivity index (χ0) is 35.9. The fourth-order valence-corrected chi connectivity index (χ4v) is 10.4. The van der Waals surface area contributed by atoms with E-state index in [0.717, 1.165) is 16.7 Å². The summed E-state index contributed by atoms with van der Waals surface area (Å²) in [5.41, 5.74) is 2.47. The van der Waals surface area contributed by atoms with E-state index in [4.69, 9.17) is 17.8 Å². The van der Waals surface area contributed by atoms with E-state index >= 15 is 0 Å². The van der Waals surface area contributed by atoms with Crippen molar-refractivity contribution in [2.24, 2.45) is 0 Å². The molecule has 262 valence electrons. The van der Waals surface area contributed by atoms with Crippen LogP contribution in [0.15, 0.2) is 166 Å². The second-order valence-electron chi connectivity index (χ2n) is 12.8. The number of hydrogen-bond donors (Lipinski definition) is 0. The predicted octanol–water partition coefficient (Wildman–Crippen LogP) is 9.72. The number of rotatable bonds is 13. The average molecular weight is 721 g/mol. The third kappa shape index (κ3) is 8.96. The molecule has 0 unspecified atom stereocenters. The van der Waals surface area contributed by atoms with Crippen molar-refractivity contribution in [3.8, 4) is 17.2 Å². The lowest BCUT2D eigenvalue weighted by atomic mass is 10.2. The predicted molar refractivity (Wildman–Crippen MR) is 199 cm³/mol. The maximum absolute atomic E-state index is 14.3. The van der Waals surface area contributed by atoms with E-state index in [1.807, 2.05) is 125 Å². The van der Waals surface area contributed by atoms with Crippen molar-refractivity contribution < 1.29 is 26.3 Å². The SMILES string of the molecule is Cc1ccc(S(=O)(=O)OS(c2ccc(OCc3ccncc3)cc2)(c2ccc(OCc3ccncc3)cc2)c2ccc(OC(C)(C)C)cc2)cc1. The molecule has 2 heterocycles. The Bertz CT molecular complexity index is 2030. The van der Waals surface area contributed by atoms with Gasteiger partial charge in [-0.1, -0.05) is 17.7 Å². The fraction of sp³-hybridized carbons (Fsp3) is 0.171. The molecule has 2 aromatic heterocycles. The lowest BCUT2D eigenvalue weighted by Crippen LogP contribution is -2.22. The highest BCUT2D eigenvalue weighted by atomic mass is 32.3. The summed E-state index contributed by atoms with van der Waals surface area (Å²) >= 11 is 0. The first-order valence-electron chi connectivity index (χ1n) is 16.4. The molecule has 0 aliphatic heterocycles. The van der Waals surface area contributed by atoms with Gasteiger partial charge in [0.05, 0.1) is 4.90 Å². The minimum atomic E-state index is -4.30. The molecule has 4 aromatic carbocycles. The summed E-state index contributed by atoms with van der Waals surface area (Å²) in [5.74, 6) is 1.90. The Labute approximate surface area is 301 Å². The number of aryl methyl sites for hydroxylation is 1. The average Bonchev–Trinajstić information content (AvgIpc) is 3.13. The first kappa shape index (κ1) is 35.7. The molecule has 6 rings (SSSR count). The summed E-state index contributed by atoms with van der Waals surface area (Å²) in [6, 6.07) is 36.5. The van der Waals surface area contributed by atoms with Gasteiger partial charge in [0.15, 0.2) is 0 Å². The molecule has 0 amide bonds. The van der Waals surface area contributed by atoms with Crippen LogP contribution in [0.5, 0.6) is 17.2 Å². The molecule has 0 saturated carbocycles. The molecule has 0 spiro atoms. The van der Waals surface area contributed by atoms with E-state index in [9.17, 15) is 8.42 Å². The molecular weight excluding hydrogens is 681 g/mol. The van der Waals surface area contributed by atoms with Gasteiger partial charge >= 0.3 is 10.1 Å². The van der Waals surface area contributed by atoms with Crippen molar-refractivity contribution in [3.05, 3.63) is 163 Å². The van der Waals surface area contributed by atoms with E-state index in [1.165, 1.54) is 0 Å². The molecule has 10 heteroatoms. The van der Waals surface area contributed by atoms with Crippen LogP contribution in [0.4, 0.5) is 0 Å². The van der Waals surface area contributed by atoms with Gasteiger partial charge in [0.1, 0.15) is 36.1 Å². The first-order valence-corrected chi connectivity index (χ1v) is 19.4. The van der Waals surface area contributed by atoms with Crippen molar-refractivity contribution in [2.45, 2.75) is 66.1 Å². The van der Waals surface area contributed by atoms with Gasteiger partial charge in [0.25, 0.3) is 0 Å². The molecule has 0 fully saturated rings.